The van der Waals surface area contributed by atoms with Crippen molar-refractivity contribution in [2.75, 3.05) is 13.1 Å². The summed E-state index contributed by atoms with van der Waals surface area (Å²) in [6, 6.07) is 0. The summed E-state index contributed by atoms with van der Waals surface area (Å²) in [5.74, 6) is -0.244. The van der Waals surface area contributed by atoms with Gasteiger partial charge in [0, 0.05) is 13.1 Å². The van der Waals surface area contributed by atoms with E-state index in [1.54, 1.807) is 27.7 Å². The fraction of sp³-hybridized carbons (Fsp3) is 0.643. The van der Waals surface area contributed by atoms with Gasteiger partial charge in [-0.25, -0.2) is 17.9 Å². The smallest absolute Gasteiger partial charge is 0.407 e. The molecule has 0 aliphatic rings. The zero-order valence-corrected chi connectivity index (χ0v) is 15.4. The third kappa shape index (κ3) is 8.29. The lowest BCUT2D eigenvalue weighted by Gasteiger charge is -2.26. The highest BCUT2D eigenvalue weighted by Gasteiger charge is 2.21. The molecule has 1 atom stereocenters. The fourth-order valence-electron chi connectivity index (χ4n) is 1.50. The minimum Gasteiger partial charge on any atom is -0.733 e. The van der Waals surface area contributed by atoms with Crippen LogP contribution in [0.25, 0.3) is 0 Å². The van der Waals surface area contributed by atoms with E-state index >= 15 is 0 Å². The van der Waals surface area contributed by atoms with Crippen LogP contribution in [-0.4, -0.2) is 43.6 Å². The highest BCUT2D eigenvalue weighted by atomic mass is 32.2. The van der Waals surface area contributed by atoms with Crippen LogP contribution in [0.4, 0.5) is 4.79 Å². The third-order valence-electron chi connectivity index (χ3n) is 2.71. The molecular weight excluding hydrogens is 338 g/mol. The number of hydrogen-bond donors (Lipinski definition) is 3. The minimum absolute atomic E-state index is 0.00156. The van der Waals surface area contributed by atoms with Gasteiger partial charge >= 0.3 is 6.09 Å². The zero-order valence-electron chi connectivity index (χ0n) is 14.6. The quantitative estimate of drug-likeness (QED) is 0.441. The fourth-order valence-corrected chi connectivity index (χ4v) is 2.65. The summed E-state index contributed by atoms with van der Waals surface area (Å²) in [5.41, 5.74) is -1.09. The highest BCUT2D eigenvalue weighted by molar-refractivity contribution is 7.93. The van der Waals surface area contributed by atoms with Gasteiger partial charge in [0.2, 0.25) is 10.0 Å². The summed E-state index contributed by atoms with van der Waals surface area (Å²) in [5, 5.41) is 21.7. The van der Waals surface area contributed by atoms with Crippen molar-refractivity contribution >= 4 is 16.1 Å². The maximum absolute atomic E-state index is 12.0. The molecule has 1 unspecified atom stereocenters. The number of sulfonamides is 1. The lowest BCUT2D eigenvalue weighted by molar-refractivity contribution is 0.000228. The van der Waals surface area contributed by atoms with Crippen LogP contribution < -0.4 is 10.0 Å². The summed E-state index contributed by atoms with van der Waals surface area (Å²) < 4.78 is 31.4. The van der Waals surface area contributed by atoms with Crippen LogP contribution in [0.3, 0.4) is 0 Å². The lowest BCUT2D eigenvalue weighted by Crippen LogP contribution is -2.38. The number of rotatable bonds is 8. The Morgan fingerprint density at radius 3 is 2.38 bits per heavy atom. The molecule has 0 saturated carbocycles. The summed E-state index contributed by atoms with van der Waals surface area (Å²) in [7, 11) is -4.04. The molecule has 0 aromatic heterocycles. The number of amides is 1. The van der Waals surface area contributed by atoms with Crippen molar-refractivity contribution in [1.29, 1.82) is 0 Å². The van der Waals surface area contributed by atoms with Crippen LogP contribution in [-0.2, 0) is 14.8 Å². The first-order chi connectivity index (χ1) is 10.8. The van der Waals surface area contributed by atoms with Gasteiger partial charge in [0.05, 0.1) is 10.6 Å². The van der Waals surface area contributed by atoms with Crippen LogP contribution >= 0.6 is 0 Å². The van der Waals surface area contributed by atoms with Gasteiger partial charge in [-0.05, 0) is 33.6 Å². The summed E-state index contributed by atoms with van der Waals surface area (Å²) in [6.45, 7) is 11.8. The number of nitrogens with one attached hydrogen (secondary N) is 2. The molecule has 0 saturated heterocycles. The van der Waals surface area contributed by atoms with Gasteiger partial charge in [0.1, 0.15) is 5.60 Å². The molecule has 140 valence electrons. The molecule has 0 aromatic carbocycles. The van der Waals surface area contributed by atoms with Crippen molar-refractivity contribution in [2.45, 2.75) is 40.2 Å². The maximum Gasteiger partial charge on any atom is 0.407 e. The lowest BCUT2D eigenvalue weighted by atomic mass is 10.2. The second kappa shape index (κ2) is 9.02. The van der Waals surface area contributed by atoms with Crippen LogP contribution in [0.2, 0.25) is 0 Å². The SMILES string of the molecule is C=C(/C(=C\C)N([O-])O)S(=O)(=O)NCC(C)CNC(=O)OC(C)(C)C. The molecule has 0 aliphatic carbocycles. The van der Waals surface area contributed by atoms with Gasteiger partial charge in [-0.1, -0.05) is 19.6 Å². The first kappa shape index (κ1) is 22.4. The molecule has 0 radical (unpaired) electrons. The van der Waals surface area contributed by atoms with E-state index in [9.17, 15) is 18.4 Å². The van der Waals surface area contributed by atoms with E-state index < -0.39 is 37.5 Å². The molecule has 0 heterocycles. The van der Waals surface area contributed by atoms with Gasteiger partial charge in [0.25, 0.3) is 0 Å². The molecule has 1 amide bonds. The molecule has 24 heavy (non-hydrogen) atoms. The predicted octanol–water partition coefficient (Wildman–Crippen LogP) is 1.67. The maximum atomic E-state index is 12.0. The second-order valence-electron chi connectivity index (χ2n) is 6.21. The molecule has 0 bridgehead atoms. The first-order valence-corrected chi connectivity index (χ1v) is 8.76. The Kier molecular flexibility index (Phi) is 8.41. The van der Waals surface area contributed by atoms with Crippen molar-refractivity contribution in [1.82, 2.24) is 15.3 Å². The summed E-state index contributed by atoms with van der Waals surface area (Å²) in [4.78, 5) is 11.0. The third-order valence-corrected chi connectivity index (χ3v) is 4.11. The van der Waals surface area contributed by atoms with Gasteiger partial charge in [0.15, 0.2) is 0 Å². The van der Waals surface area contributed by atoms with E-state index in [1.807, 2.05) is 0 Å². The molecule has 10 heteroatoms. The van der Waals surface area contributed by atoms with E-state index in [-0.39, 0.29) is 19.0 Å². The van der Waals surface area contributed by atoms with Crippen LogP contribution in [0.15, 0.2) is 23.3 Å². The van der Waals surface area contributed by atoms with E-state index in [0.29, 0.717) is 0 Å². The van der Waals surface area contributed by atoms with Gasteiger partial charge in [-0.3, -0.25) is 5.21 Å². The molecule has 9 nitrogen and oxygen atoms in total. The van der Waals surface area contributed by atoms with Crippen molar-refractivity contribution in [3.05, 3.63) is 28.5 Å². The van der Waals surface area contributed by atoms with Crippen LogP contribution in [0.1, 0.15) is 34.6 Å². The standard InChI is InChI=1S/C14H26N3O6S/c1-7-12(17(19)20)11(3)24(21,22)16-9-10(2)8-15-13(18)23-14(4,5)6/h7,10,16,19H,3,8-9H2,1-2,4-6H3,(H,15,18)/q-1/b12-7+. The minimum atomic E-state index is -4.04. The number of allylic oxidation sites excluding steroid dienone is 1. The van der Waals surface area contributed by atoms with Gasteiger partial charge in [-0.2, -0.15) is 0 Å². The van der Waals surface area contributed by atoms with Gasteiger partial charge in [-0.15, -0.1) is 0 Å². The predicted molar refractivity (Wildman–Crippen MR) is 90.2 cm³/mol. The topological polar surface area (TPSA) is 131 Å². The number of ether oxygens (including phenoxy) is 1. The van der Waals surface area contributed by atoms with Crippen molar-refractivity contribution in [2.24, 2.45) is 5.92 Å². The van der Waals surface area contributed by atoms with E-state index in [2.05, 4.69) is 16.6 Å². The van der Waals surface area contributed by atoms with Crippen molar-refractivity contribution < 1.29 is 23.2 Å². The molecule has 0 aromatic rings. The largest absolute Gasteiger partial charge is 0.733 e. The molecule has 0 aliphatic heterocycles. The number of nitrogens with zero attached hydrogens (tertiary/aromatic N) is 1. The molecule has 0 spiro atoms. The molecule has 0 fully saturated rings. The number of alkyl carbamates (subject to hydrolysis) is 1. The number of carbonyl (C=O) groups excluding carboxylic acids is 1. The Bertz CT molecular complexity index is 578. The van der Waals surface area contributed by atoms with Crippen molar-refractivity contribution in [3.63, 3.8) is 0 Å². The Morgan fingerprint density at radius 2 is 1.96 bits per heavy atom. The van der Waals surface area contributed by atoms with E-state index in [4.69, 9.17) is 9.94 Å². The Hall–Kier alpha value is -1.62. The average Bonchev–Trinajstić information content (AvgIpc) is 2.41. The van der Waals surface area contributed by atoms with Crippen LogP contribution in [0.5, 0.6) is 0 Å². The normalized spacial score (nSPS) is 14.0. The highest BCUT2D eigenvalue weighted by Crippen LogP contribution is 2.16. The Balaban J connectivity index is 4.52. The molecule has 3 N–H and O–H groups in total. The van der Waals surface area contributed by atoms with E-state index in [1.165, 1.54) is 6.92 Å². The average molecular weight is 364 g/mol. The van der Waals surface area contributed by atoms with Crippen LogP contribution in [0, 0.1) is 11.1 Å². The first-order valence-electron chi connectivity index (χ1n) is 7.28. The Morgan fingerprint density at radius 1 is 1.42 bits per heavy atom. The molecular formula is C14H26N3O6S-. The summed E-state index contributed by atoms with van der Waals surface area (Å²) >= 11 is 0. The second-order valence-corrected chi connectivity index (χ2v) is 8.00. The zero-order chi connectivity index (χ0) is 19.1. The number of hydroxylamine groups is 2. The van der Waals surface area contributed by atoms with Crippen molar-refractivity contribution in [3.8, 4) is 0 Å². The summed E-state index contributed by atoms with van der Waals surface area (Å²) in [6.07, 6.45) is 0.530. The number of hydrogen-bond acceptors (Lipinski definition) is 7. The molecule has 0 rings (SSSR count). The monoisotopic (exact) mass is 364 g/mol. The van der Waals surface area contributed by atoms with Gasteiger partial charge < -0.3 is 20.5 Å². The van der Waals surface area contributed by atoms with E-state index in [0.717, 1.165) is 6.08 Å². The number of carbonyl (C=O) groups is 1. The Labute approximate surface area is 142 Å².